The molecule has 10 nitrogen and oxygen atoms in total. The van der Waals surface area contributed by atoms with Crippen LogP contribution in [-0.2, 0) is 4.79 Å². The maximum atomic E-state index is 10.1. The van der Waals surface area contributed by atoms with Crippen LogP contribution in [0.15, 0.2) is 11.4 Å². The summed E-state index contributed by atoms with van der Waals surface area (Å²) in [5.41, 5.74) is 14.4. The van der Waals surface area contributed by atoms with Gasteiger partial charge in [-0.15, -0.1) is 0 Å². The van der Waals surface area contributed by atoms with Crippen molar-refractivity contribution in [2.45, 2.75) is 12.8 Å². The van der Waals surface area contributed by atoms with Gasteiger partial charge in [0.15, 0.2) is 11.5 Å². The SMILES string of the molecule is O=C1CCCN1.[N-]=[N+]=Nc1nc(N)nc2nc[nH]c12. The lowest BCUT2D eigenvalue weighted by Crippen LogP contribution is -2.12. The number of anilines is 1. The van der Waals surface area contributed by atoms with Gasteiger partial charge in [0.05, 0.1) is 6.33 Å². The Labute approximate surface area is 107 Å². The van der Waals surface area contributed by atoms with Gasteiger partial charge in [0.1, 0.15) is 5.52 Å². The highest BCUT2D eigenvalue weighted by molar-refractivity contribution is 5.81. The molecular weight excluding hydrogens is 250 g/mol. The van der Waals surface area contributed by atoms with E-state index in [1.54, 1.807) is 0 Å². The van der Waals surface area contributed by atoms with Crippen LogP contribution in [0.2, 0.25) is 0 Å². The summed E-state index contributed by atoms with van der Waals surface area (Å²) in [6.07, 6.45) is 3.19. The van der Waals surface area contributed by atoms with E-state index in [1.165, 1.54) is 6.33 Å². The lowest BCUT2D eigenvalue weighted by atomic mass is 10.4. The Morgan fingerprint density at radius 1 is 1.47 bits per heavy atom. The maximum absolute atomic E-state index is 10.1. The number of amides is 1. The summed E-state index contributed by atoms with van der Waals surface area (Å²) < 4.78 is 0. The smallest absolute Gasteiger partial charge is 0.222 e. The fraction of sp³-hybridized carbons (Fsp3) is 0.333. The van der Waals surface area contributed by atoms with Gasteiger partial charge in [0.2, 0.25) is 11.9 Å². The van der Waals surface area contributed by atoms with Gasteiger partial charge in [-0.3, -0.25) is 4.79 Å². The number of nitrogen functional groups attached to an aromatic ring is 1. The fourth-order valence-electron chi connectivity index (χ4n) is 1.51. The number of imidazole rings is 1. The molecule has 3 heterocycles. The summed E-state index contributed by atoms with van der Waals surface area (Å²) in [6, 6.07) is 0. The van der Waals surface area contributed by atoms with Crippen LogP contribution in [0.1, 0.15) is 12.8 Å². The Morgan fingerprint density at radius 3 is 2.89 bits per heavy atom. The van der Waals surface area contributed by atoms with Crippen molar-refractivity contribution in [2.24, 2.45) is 5.11 Å². The Balaban J connectivity index is 0.000000186. The van der Waals surface area contributed by atoms with Crippen LogP contribution < -0.4 is 11.1 Å². The molecule has 19 heavy (non-hydrogen) atoms. The number of azide groups is 1. The average molecular weight is 261 g/mol. The van der Waals surface area contributed by atoms with Crippen LogP contribution in [0.5, 0.6) is 0 Å². The standard InChI is InChI=1S/C5H4N8.C4H7NO/c6-5-10-3-2(8-1-9-3)4(11-5)12-13-7;6-4-2-1-3-5-4/h1H,(H3,6,8,9,10,11);1-3H2,(H,5,6). The molecule has 4 N–H and O–H groups in total. The third kappa shape index (κ3) is 3.07. The van der Waals surface area contributed by atoms with E-state index >= 15 is 0 Å². The molecule has 0 spiro atoms. The Morgan fingerprint density at radius 2 is 2.32 bits per heavy atom. The van der Waals surface area contributed by atoms with E-state index in [-0.39, 0.29) is 17.7 Å². The summed E-state index contributed by atoms with van der Waals surface area (Å²) in [6.45, 7) is 0.888. The van der Waals surface area contributed by atoms with Crippen LogP contribution >= 0.6 is 0 Å². The van der Waals surface area contributed by atoms with Gasteiger partial charge in [-0.25, -0.2) is 9.97 Å². The summed E-state index contributed by atoms with van der Waals surface area (Å²) in [7, 11) is 0. The molecule has 0 aromatic carbocycles. The van der Waals surface area contributed by atoms with Crippen molar-refractivity contribution in [3.8, 4) is 0 Å². The van der Waals surface area contributed by atoms with Crippen molar-refractivity contribution in [1.82, 2.24) is 25.3 Å². The number of carbonyl (C=O) groups is 1. The summed E-state index contributed by atoms with van der Waals surface area (Å²) in [5.74, 6) is 0.388. The summed E-state index contributed by atoms with van der Waals surface area (Å²) in [4.78, 5) is 26.9. The Hall–Kier alpha value is -2.87. The van der Waals surface area contributed by atoms with Crippen LogP contribution in [-0.4, -0.2) is 32.4 Å². The normalized spacial score (nSPS) is 13.4. The number of nitrogens with two attached hydrogens (primary N) is 1. The van der Waals surface area contributed by atoms with Gasteiger partial charge in [-0.2, -0.15) is 4.98 Å². The van der Waals surface area contributed by atoms with Crippen LogP contribution in [0.4, 0.5) is 11.8 Å². The maximum Gasteiger partial charge on any atom is 0.222 e. The minimum Gasteiger partial charge on any atom is -0.368 e. The molecule has 0 unspecified atom stereocenters. The molecule has 0 bridgehead atoms. The van der Waals surface area contributed by atoms with Crippen LogP contribution in [0.25, 0.3) is 21.6 Å². The molecule has 1 saturated heterocycles. The van der Waals surface area contributed by atoms with Crippen LogP contribution in [0.3, 0.4) is 0 Å². The molecule has 2 aromatic heterocycles. The minimum absolute atomic E-state index is 0.0296. The van der Waals surface area contributed by atoms with Crippen molar-refractivity contribution in [3.05, 3.63) is 16.8 Å². The van der Waals surface area contributed by atoms with E-state index in [1.807, 2.05) is 0 Å². The number of carbonyl (C=O) groups excluding carboxylic acids is 1. The van der Waals surface area contributed by atoms with E-state index < -0.39 is 0 Å². The van der Waals surface area contributed by atoms with Gasteiger partial charge in [-0.1, -0.05) is 0 Å². The summed E-state index contributed by atoms with van der Waals surface area (Å²) in [5, 5.41) is 6.03. The highest BCUT2D eigenvalue weighted by atomic mass is 16.1. The first-order valence-electron chi connectivity index (χ1n) is 5.49. The monoisotopic (exact) mass is 261 g/mol. The van der Waals surface area contributed by atoms with Crippen molar-refractivity contribution in [1.29, 1.82) is 0 Å². The number of nitrogens with one attached hydrogen (secondary N) is 2. The zero-order valence-corrected chi connectivity index (χ0v) is 9.87. The topological polar surface area (TPSA) is 158 Å². The molecule has 0 saturated carbocycles. The molecule has 2 aromatic rings. The number of aromatic nitrogens is 4. The van der Waals surface area contributed by atoms with Crippen LogP contribution in [0, 0.1) is 0 Å². The Bertz CT molecular complexity index is 634. The van der Waals surface area contributed by atoms with Crippen molar-refractivity contribution in [3.63, 3.8) is 0 Å². The number of hydrogen-bond acceptors (Lipinski definition) is 6. The van der Waals surface area contributed by atoms with Gasteiger partial charge in [0.25, 0.3) is 0 Å². The number of fused-ring (bicyclic) bond motifs is 1. The van der Waals surface area contributed by atoms with Gasteiger partial charge >= 0.3 is 0 Å². The fourth-order valence-corrected chi connectivity index (χ4v) is 1.51. The highest BCUT2D eigenvalue weighted by Crippen LogP contribution is 2.19. The number of rotatable bonds is 1. The molecule has 98 valence electrons. The zero-order valence-electron chi connectivity index (χ0n) is 9.87. The van der Waals surface area contributed by atoms with Crippen molar-refractivity contribution in [2.75, 3.05) is 12.3 Å². The van der Waals surface area contributed by atoms with Gasteiger partial charge < -0.3 is 16.0 Å². The zero-order chi connectivity index (χ0) is 13.7. The van der Waals surface area contributed by atoms with E-state index in [0.717, 1.165) is 19.4 Å². The van der Waals surface area contributed by atoms with Crippen molar-refractivity contribution < 1.29 is 4.79 Å². The molecule has 1 aliphatic rings. The molecule has 10 heteroatoms. The minimum atomic E-state index is 0.0296. The second-order valence-corrected chi connectivity index (χ2v) is 3.65. The first-order chi connectivity index (χ1) is 9.20. The number of nitrogens with zero attached hydrogens (tertiary/aromatic N) is 6. The average Bonchev–Trinajstić information content (AvgIpc) is 3.01. The molecule has 0 aliphatic carbocycles. The first kappa shape index (κ1) is 12.6. The first-order valence-corrected chi connectivity index (χ1v) is 5.49. The number of H-pyrrole nitrogens is 1. The third-order valence-corrected chi connectivity index (χ3v) is 2.33. The third-order valence-electron chi connectivity index (χ3n) is 2.33. The van der Waals surface area contributed by atoms with Gasteiger partial charge in [-0.05, 0) is 17.1 Å². The molecule has 0 radical (unpaired) electrons. The number of hydrogen-bond donors (Lipinski definition) is 3. The molecule has 1 amide bonds. The second-order valence-electron chi connectivity index (χ2n) is 3.65. The number of aromatic amines is 1. The molecule has 0 atom stereocenters. The van der Waals surface area contributed by atoms with E-state index in [0.29, 0.717) is 11.2 Å². The lowest BCUT2D eigenvalue weighted by Gasteiger charge is -1.94. The van der Waals surface area contributed by atoms with E-state index in [2.05, 4.69) is 35.3 Å². The molecule has 1 fully saturated rings. The largest absolute Gasteiger partial charge is 0.368 e. The summed E-state index contributed by atoms with van der Waals surface area (Å²) >= 11 is 0. The quantitative estimate of drug-likeness (QED) is 0.392. The predicted octanol–water partition coefficient (Wildman–Crippen LogP) is 0.773. The van der Waals surface area contributed by atoms with Gasteiger partial charge in [0, 0.05) is 17.9 Å². The van der Waals surface area contributed by atoms with E-state index in [4.69, 9.17) is 11.3 Å². The van der Waals surface area contributed by atoms with E-state index in [9.17, 15) is 4.79 Å². The molecule has 3 rings (SSSR count). The van der Waals surface area contributed by atoms with Crippen molar-refractivity contribution >= 4 is 28.8 Å². The molecular formula is C9H11N9O. The second kappa shape index (κ2) is 5.65. The predicted molar refractivity (Wildman–Crippen MR) is 67.1 cm³/mol. The Kier molecular flexibility index (Phi) is 3.74. The molecule has 1 aliphatic heterocycles. The highest BCUT2D eigenvalue weighted by Gasteiger charge is 2.06. The lowest BCUT2D eigenvalue weighted by molar-refractivity contribution is -0.119.